The maximum Gasteiger partial charge on any atom is 0.326 e. The lowest BCUT2D eigenvalue weighted by atomic mass is 10.1. The van der Waals surface area contributed by atoms with Crippen molar-refractivity contribution >= 4 is 17.8 Å². The molecule has 0 heterocycles. The minimum atomic E-state index is -1.13. The molecule has 0 saturated carbocycles. The summed E-state index contributed by atoms with van der Waals surface area (Å²) in [5.74, 6) is -1.97. The lowest BCUT2D eigenvalue weighted by Gasteiger charge is -2.13. The van der Waals surface area contributed by atoms with Crippen molar-refractivity contribution in [1.29, 1.82) is 0 Å². The number of amides is 2. The van der Waals surface area contributed by atoms with E-state index in [9.17, 15) is 14.4 Å². The van der Waals surface area contributed by atoms with Crippen LogP contribution in [-0.2, 0) is 14.4 Å². The van der Waals surface area contributed by atoms with Crippen molar-refractivity contribution in [3.8, 4) is 0 Å². The molecule has 0 rings (SSSR count). The number of hydrogen-bond donors (Lipinski definition) is 3. The molecule has 180 valence electrons. The first-order valence-corrected chi connectivity index (χ1v) is 12.4. The summed E-state index contributed by atoms with van der Waals surface area (Å²) in [6.45, 7) is 2.25. The monoisotopic (exact) mass is 438 g/mol. The molecule has 6 heteroatoms. The van der Waals surface area contributed by atoms with Crippen LogP contribution in [0.25, 0.3) is 0 Å². The first kappa shape index (κ1) is 29.1. The predicted molar refractivity (Wildman–Crippen MR) is 127 cm³/mol. The summed E-state index contributed by atoms with van der Waals surface area (Å²) < 4.78 is 0. The molecular weight excluding hydrogens is 392 g/mol. The highest BCUT2D eigenvalue weighted by Crippen LogP contribution is 2.11. The zero-order valence-electron chi connectivity index (χ0n) is 19.7. The number of primary amides is 1. The molecule has 0 spiro atoms. The molecule has 0 saturated heterocycles. The van der Waals surface area contributed by atoms with Crippen molar-refractivity contribution in [3.05, 3.63) is 12.2 Å². The molecule has 0 aliphatic carbocycles. The van der Waals surface area contributed by atoms with Crippen molar-refractivity contribution in [2.24, 2.45) is 5.73 Å². The van der Waals surface area contributed by atoms with Crippen LogP contribution in [0.4, 0.5) is 0 Å². The van der Waals surface area contributed by atoms with Crippen LogP contribution in [0.15, 0.2) is 12.2 Å². The molecule has 0 aliphatic rings. The summed E-state index contributed by atoms with van der Waals surface area (Å²) in [6.07, 6.45) is 23.3. The highest BCUT2D eigenvalue weighted by molar-refractivity contribution is 5.84. The number of allylic oxidation sites excluding steroid dienone is 2. The van der Waals surface area contributed by atoms with E-state index in [1.165, 1.54) is 77.0 Å². The van der Waals surface area contributed by atoms with Gasteiger partial charge < -0.3 is 16.2 Å². The molecule has 0 fully saturated rings. The number of carboxylic acids is 1. The van der Waals surface area contributed by atoms with Gasteiger partial charge in [0.25, 0.3) is 0 Å². The Morgan fingerprint density at radius 2 is 1.26 bits per heavy atom. The number of unbranched alkanes of at least 4 members (excludes halogenated alkanes) is 13. The van der Waals surface area contributed by atoms with Gasteiger partial charge in [-0.1, -0.05) is 83.3 Å². The molecule has 0 radical (unpaired) electrons. The average molecular weight is 439 g/mol. The van der Waals surface area contributed by atoms with Gasteiger partial charge in [-0.2, -0.15) is 0 Å². The van der Waals surface area contributed by atoms with Gasteiger partial charge in [0.15, 0.2) is 0 Å². The number of nitrogens with one attached hydrogen (secondary N) is 1. The van der Waals surface area contributed by atoms with Gasteiger partial charge in [0.1, 0.15) is 6.04 Å². The highest BCUT2D eigenvalue weighted by atomic mass is 16.4. The third-order valence-corrected chi connectivity index (χ3v) is 5.48. The standard InChI is InChI=1S/C25H46N2O4/c1-2-3-4-5-6-7-8-9-10-11-12-13-14-15-16-17-18-19-24(29)27-22(25(30)31)20-21-23(26)28/h9-10,22H,2-8,11-21H2,1H3,(H2,26,28)(H,27,29)(H,30,31)/b10-9-/t22-/m0/s1. The third-order valence-electron chi connectivity index (χ3n) is 5.48. The quantitative estimate of drug-likeness (QED) is 0.150. The molecule has 0 aliphatic heterocycles. The Morgan fingerprint density at radius 1 is 0.774 bits per heavy atom. The maximum absolute atomic E-state index is 11.9. The fourth-order valence-electron chi connectivity index (χ4n) is 3.52. The molecule has 0 aromatic carbocycles. The first-order chi connectivity index (χ1) is 15.0. The van der Waals surface area contributed by atoms with E-state index in [1.807, 2.05) is 0 Å². The summed E-state index contributed by atoms with van der Waals surface area (Å²) in [6, 6.07) is -1.04. The van der Waals surface area contributed by atoms with E-state index in [-0.39, 0.29) is 18.7 Å². The van der Waals surface area contributed by atoms with E-state index < -0.39 is 17.9 Å². The lowest BCUT2D eigenvalue weighted by molar-refractivity contribution is -0.142. The molecule has 0 bridgehead atoms. The first-order valence-electron chi connectivity index (χ1n) is 12.4. The van der Waals surface area contributed by atoms with E-state index in [0.717, 1.165) is 19.3 Å². The van der Waals surface area contributed by atoms with E-state index in [4.69, 9.17) is 10.8 Å². The van der Waals surface area contributed by atoms with Gasteiger partial charge in [-0.15, -0.1) is 0 Å². The van der Waals surface area contributed by atoms with Crippen LogP contribution < -0.4 is 11.1 Å². The smallest absolute Gasteiger partial charge is 0.326 e. The SMILES string of the molecule is CCCCCCCC/C=C\CCCCCCCCCC(=O)N[C@@H](CCC(N)=O)C(=O)O. The topological polar surface area (TPSA) is 109 Å². The number of aliphatic carboxylic acids is 1. The zero-order valence-corrected chi connectivity index (χ0v) is 19.7. The third kappa shape index (κ3) is 21.2. The minimum Gasteiger partial charge on any atom is -0.480 e. The normalized spacial score (nSPS) is 12.2. The second kappa shape index (κ2) is 21.4. The average Bonchev–Trinajstić information content (AvgIpc) is 2.73. The molecule has 4 N–H and O–H groups in total. The number of carbonyl (C=O) groups is 3. The molecule has 0 unspecified atom stereocenters. The molecule has 1 atom stereocenters. The van der Waals surface area contributed by atoms with Crippen LogP contribution >= 0.6 is 0 Å². The van der Waals surface area contributed by atoms with Crippen molar-refractivity contribution in [2.75, 3.05) is 0 Å². The van der Waals surface area contributed by atoms with Crippen molar-refractivity contribution < 1.29 is 19.5 Å². The minimum absolute atomic E-state index is 0.0324. The van der Waals surface area contributed by atoms with Crippen molar-refractivity contribution in [3.63, 3.8) is 0 Å². The molecule has 2 amide bonds. The number of hydrogen-bond acceptors (Lipinski definition) is 3. The van der Waals surface area contributed by atoms with Gasteiger partial charge in [-0.3, -0.25) is 9.59 Å². The molecule has 31 heavy (non-hydrogen) atoms. The number of rotatable bonds is 22. The summed E-state index contributed by atoms with van der Waals surface area (Å²) in [7, 11) is 0. The lowest BCUT2D eigenvalue weighted by Crippen LogP contribution is -2.41. The van der Waals surface area contributed by atoms with Gasteiger partial charge >= 0.3 is 5.97 Å². The summed E-state index contributed by atoms with van der Waals surface area (Å²) in [5.41, 5.74) is 5.03. The van der Waals surface area contributed by atoms with Gasteiger partial charge in [0.2, 0.25) is 11.8 Å². The molecule has 0 aromatic heterocycles. The summed E-state index contributed by atoms with van der Waals surface area (Å²) in [5, 5.41) is 11.6. The Balaban J connectivity index is 3.48. The van der Waals surface area contributed by atoms with Crippen LogP contribution in [0, 0.1) is 0 Å². The Morgan fingerprint density at radius 3 is 1.74 bits per heavy atom. The van der Waals surface area contributed by atoms with Crippen LogP contribution in [-0.4, -0.2) is 28.9 Å². The maximum atomic E-state index is 11.9. The Kier molecular flexibility index (Phi) is 20.1. The summed E-state index contributed by atoms with van der Waals surface area (Å²) >= 11 is 0. The van der Waals surface area contributed by atoms with E-state index in [0.29, 0.717) is 6.42 Å². The van der Waals surface area contributed by atoms with Gasteiger partial charge in [-0.05, 0) is 38.5 Å². The summed E-state index contributed by atoms with van der Waals surface area (Å²) in [4.78, 5) is 33.7. The second-order valence-electron chi connectivity index (χ2n) is 8.50. The van der Waals surface area contributed by atoms with Crippen molar-refractivity contribution in [2.45, 2.75) is 129 Å². The fourth-order valence-corrected chi connectivity index (χ4v) is 3.52. The van der Waals surface area contributed by atoms with Crippen LogP contribution in [0.2, 0.25) is 0 Å². The van der Waals surface area contributed by atoms with Crippen LogP contribution in [0.1, 0.15) is 122 Å². The Labute approximate surface area is 189 Å². The van der Waals surface area contributed by atoms with Gasteiger partial charge in [-0.25, -0.2) is 4.79 Å². The van der Waals surface area contributed by atoms with Gasteiger partial charge in [0.05, 0.1) is 0 Å². The van der Waals surface area contributed by atoms with Crippen molar-refractivity contribution in [1.82, 2.24) is 5.32 Å². The molecule has 6 nitrogen and oxygen atoms in total. The number of nitrogens with two attached hydrogens (primary N) is 1. The Bertz CT molecular complexity index is 506. The molecule has 0 aromatic rings. The van der Waals surface area contributed by atoms with E-state index >= 15 is 0 Å². The van der Waals surface area contributed by atoms with Gasteiger partial charge in [0, 0.05) is 12.8 Å². The fraction of sp³-hybridized carbons (Fsp3) is 0.800. The van der Waals surface area contributed by atoms with E-state index in [1.54, 1.807) is 0 Å². The van der Waals surface area contributed by atoms with Crippen LogP contribution in [0.3, 0.4) is 0 Å². The second-order valence-corrected chi connectivity index (χ2v) is 8.50. The van der Waals surface area contributed by atoms with E-state index in [2.05, 4.69) is 24.4 Å². The highest BCUT2D eigenvalue weighted by Gasteiger charge is 2.20. The predicted octanol–water partition coefficient (Wildman–Crippen LogP) is 5.64. The zero-order chi connectivity index (χ0) is 23.2. The largest absolute Gasteiger partial charge is 0.480 e. The number of carbonyl (C=O) groups excluding carboxylic acids is 2. The molecular formula is C25H46N2O4. The number of carboxylic acid groups (broad SMARTS) is 1. The van der Waals surface area contributed by atoms with Crippen LogP contribution in [0.5, 0.6) is 0 Å². The Hall–Kier alpha value is -1.85.